The maximum Gasteiger partial charge on any atom is 0.337 e. The number of esters is 1. The monoisotopic (exact) mass is 307 g/mol. The summed E-state index contributed by atoms with van der Waals surface area (Å²) in [5.74, 6) is -0.367. The van der Waals surface area contributed by atoms with E-state index >= 15 is 0 Å². The molecule has 0 aromatic heterocycles. The van der Waals surface area contributed by atoms with Crippen LogP contribution in [0.5, 0.6) is 0 Å². The normalized spacial score (nSPS) is 14.0. The maximum absolute atomic E-state index is 11.8. The van der Waals surface area contributed by atoms with Crippen molar-refractivity contribution >= 4 is 17.8 Å². The maximum atomic E-state index is 11.8. The van der Waals surface area contributed by atoms with Gasteiger partial charge in [-0.1, -0.05) is 41.6 Å². The van der Waals surface area contributed by atoms with Gasteiger partial charge >= 0.3 is 5.97 Å². The van der Waals surface area contributed by atoms with Gasteiger partial charge < -0.3 is 9.94 Å². The molecular weight excluding hydrogens is 290 g/mol. The zero-order valence-electron chi connectivity index (χ0n) is 12.8. The Balaban J connectivity index is 2.19. The summed E-state index contributed by atoms with van der Waals surface area (Å²) < 4.78 is 4.80. The lowest BCUT2D eigenvalue weighted by Crippen LogP contribution is -2.08. The van der Waals surface area contributed by atoms with E-state index < -0.39 is 0 Å². The molecule has 0 bridgehead atoms. The average molecular weight is 307 g/mol. The molecule has 0 saturated heterocycles. The lowest BCUT2D eigenvalue weighted by atomic mass is 9.82. The first kappa shape index (κ1) is 15.0. The van der Waals surface area contributed by atoms with Crippen molar-refractivity contribution in [3.8, 4) is 0 Å². The standard InChI is InChI=1S/C19H17NO3/c1-23-19(21)15-7-4-6-14(11-15)18-16(12-20-22)10-9-13-5-2-3-8-17(13)18/h2-8,11-12,22H,9-10H2,1H3/b20-12-. The van der Waals surface area contributed by atoms with Crippen LogP contribution in [-0.4, -0.2) is 24.5 Å². The summed E-state index contributed by atoms with van der Waals surface area (Å²) in [5, 5.41) is 12.2. The van der Waals surface area contributed by atoms with Crippen LogP contribution in [0.4, 0.5) is 0 Å². The van der Waals surface area contributed by atoms with Gasteiger partial charge in [-0.25, -0.2) is 4.79 Å². The van der Waals surface area contributed by atoms with Crippen LogP contribution in [-0.2, 0) is 11.2 Å². The van der Waals surface area contributed by atoms with E-state index in [9.17, 15) is 4.79 Å². The highest BCUT2D eigenvalue weighted by molar-refractivity contribution is 5.99. The van der Waals surface area contributed by atoms with E-state index in [4.69, 9.17) is 9.94 Å². The second-order valence-electron chi connectivity index (χ2n) is 5.37. The Bertz CT molecular complexity index is 806. The van der Waals surface area contributed by atoms with Crippen molar-refractivity contribution in [1.29, 1.82) is 0 Å². The molecule has 23 heavy (non-hydrogen) atoms. The van der Waals surface area contributed by atoms with Gasteiger partial charge in [0.15, 0.2) is 0 Å². The van der Waals surface area contributed by atoms with E-state index in [1.807, 2.05) is 30.3 Å². The molecule has 0 aliphatic heterocycles. The number of ether oxygens (including phenoxy) is 1. The second-order valence-corrected chi connectivity index (χ2v) is 5.37. The predicted octanol–water partition coefficient (Wildman–Crippen LogP) is 3.68. The number of hydrogen-bond acceptors (Lipinski definition) is 4. The average Bonchev–Trinajstić information content (AvgIpc) is 2.61. The summed E-state index contributed by atoms with van der Waals surface area (Å²) in [4.78, 5) is 11.8. The van der Waals surface area contributed by atoms with Crippen LogP contribution in [0.2, 0.25) is 0 Å². The molecule has 1 aliphatic carbocycles. The van der Waals surface area contributed by atoms with Crippen LogP contribution in [0.1, 0.15) is 33.5 Å². The fourth-order valence-corrected chi connectivity index (χ4v) is 3.01. The fourth-order valence-electron chi connectivity index (χ4n) is 3.01. The van der Waals surface area contributed by atoms with Gasteiger partial charge in [0, 0.05) is 0 Å². The van der Waals surface area contributed by atoms with Crippen LogP contribution in [0.3, 0.4) is 0 Å². The smallest absolute Gasteiger partial charge is 0.337 e. The lowest BCUT2D eigenvalue weighted by molar-refractivity contribution is 0.0600. The number of fused-ring (bicyclic) bond motifs is 1. The molecule has 0 heterocycles. The van der Waals surface area contributed by atoms with Gasteiger partial charge in [-0.2, -0.15) is 0 Å². The molecule has 1 N–H and O–H groups in total. The van der Waals surface area contributed by atoms with E-state index in [2.05, 4.69) is 17.3 Å². The van der Waals surface area contributed by atoms with E-state index in [0.717, 1.165) is 35.1 Å². The minimum absolute atomic E-state index is 0.367. The Hall–Kier alpha value is -2.88. The molecule has 4 heteroatoms. The minimum atomic E-state index is -0.367. The molecule has 1 aliphatic rings. The van der Waals surface area contributed by atoms with Crippen molar-refractivity contribution in [3.05, 3.63) is 76.4 Å². The summed E-state index contributed by atoms with van der Waals surface area (Å²) in [6, 6.07) is 15.5. The highest BCUT2D eigenvalue weighted by atomic mass is 16.5. The number of benzene rings is 2. The van der Waals surface area contributed by atoms with E-state index in [1.165, 1.54) is 18.9 Å². The molecule has 2 aromatic rings. The van der Waals surface area contributed by atoms with Crippen molar-refractivity contribution < 1.29 is 14.7 Å². The van der Waals surface area contributed by atoms with Crippen LogP contribution >= 0.6 is 0 Å². The Morgan fingerprint density at radius 1 is 1.17 bits per heavy atom. The van der Waals surface area contributed by atoms with Crippen LogP contribution in [0, 0.1) is 0 Å². The highest BCUT2D eigenvalue weighted by Crippen LogP contribution is 2.35. The minimum Gasteiger partial charge on any atom is -0.465 e. The number of allylic oxidation sites excluding steroid dienone is 1. The third-order valence-electron chi connectivity index (χ3n) is 4.06. The molecule has 0 amide bonds. The van der Waals surface area contributed by atoms with Crippen molar-refractivity contribution in [2.24, 2.45) is 5.16 Å². The van der Waals surface area contributed by atoms with Gasteiger partial charge in [0.2, 0.25) is 0 Å². The summed E-state index contributed by atoms with van der Waals surface area (Å²) in [6.07, 6.45) is 3.17. The zero-order valence-corrected chi connectivity index (χ0v) is 12.8. The highest BCUT2D eigenvalue weighted by Gasteiger charge is 2.20. The van der Waals surface area contributed by atoms with E-state index in [0.29, 0.717) is 5.56 Å². The third kappa shape index (κ3) is 2.88. The number of rotatable bonds is 3. The van der Waals surface area contributed by atoms with E-state index in [-0.39, 0.29) is 5.97 Å². The molecular formula is C19H17NO3. The van der Waals surface area contributed by atoms with Crippen molar-refractivity contribution in [2.45, 2.75) is 12.8 Å². The van der Waals surface area contributed by atoms with Gasteiger partial charge in [-0.3, -0.25) is 0 Å². The number of carbonyl (C=O) groups excluding carboxylic acids is 1. The molecule has 2 aromatic carbocycles. The number of hydrogen-bond donors (Lipinski definition) is 1. The summed E-state index contributed by atoms with van der Waals surface area (Å²) in [6.45, 7) is 0. The first-order valence-electron chi connectivity index (χ1n) is 7.42. The number of carbonyl (C=O) groups is 1. The fraction of sp³-hybridized carbons (Fsp3) is 0.158. The molecule has 0 unspecified atom stereocenters. The molecule has 3 rings (SSSR count). The molecule has 0 atom stereocenters. The molecule has 0 radical (unpaired) electrons. The van der Waals surface area contributed by atoms with Crippen LogP contribution < -0.4 is 0 Å². The number of oxime groups is 1. The van der Waals surface area contributed by atoms with Gasteiger partial charge in [0.25, 0.3) is 0 Å². The number of nitrogens with zero attached hydrogens (tertiary/aromatic N) is 1. The summed E-state index contributed by atoms with van der Waals surface area (Å²) in [5.41, 5.74) is 5.72. The van der Waals surface area contributed by atoms with Gasteiger partial charge in [-0.15, -0.1) is 0 Å². The number of aryl methyl sites for hydroxylation is 1. The van der Waals surface area contributed by atoms with Crippen molar-refractivity contribution in [2.75, 3.05) is 7.11 Å². The van der Waals surface area contributed by atoms with Crippen molar-refractivity contribution in [1.82, 2.24) is 0 Å². The summed E-state index contributed by atoms with van der Waals surface area (Å²) >= 11 is 0. The predicted molar refractivity (Wildman–Crippen MR) is 88.8 cm³/mol. The lowest BCUT2D eigenvalue weighted by Gasteiger charge is -2.22. The molecule has 4 nitrogen and oxygen atoms in total. The molecule has 0 spiro atoms. The Kier molecular flexibility index (Phi) is 4.24. The SMILES string of the molecule is COC(=O)c1cccc(C2=C(/C=N\O)CCc3ccccc32)c1. The largest absolute Gasteiger partial charge is 0.465 e. The number of methoxy groups -OCH3 is 1. The quantitative estimate of drug-likeness (QED) is 0.407. The summed E-state index contributed by atoms with van der Waals surface area (Å²) in [7, 11) is 1.37. The molecule has 116 valence electrons. The van der Waals surface area contributed by atoms with Gasteiger partial charge in [0.1, 0.15) is 0 Å². The van der Waals surface area contributed by atoms with E-state index in [1.54, 1.807) is 6.07 Å². The second kappa shape index (κ2) is 6.48. The first-order chi connectivity index (χ1) is 11.2. The topological polar surface area (TPSA) is 58.9 Å². The Morgan fingerprint density at radius 2 is 2.00 bits per heavy atom. The Morgan fingerprint density at radius 3 is 2.78 bits per heavy atom. The van der Waals surface area contributed by atoms with Gasteiger partial charge in [0.05, 0.1) is 18.9 Å². The molecule has 0 fully saturated rings. The van der Waals surface area contributed by atoms with Gasteiger partial charge in [-0.05, 0) is 52.8 Å². The molecule has 0 saturated carbocycles. The van der Waals surface area contributed by atoms with Crippen LogP contribution in [0.15, 0.2) is 59.3 Å². The Labute approximate surface area is 134 Å². The zero-order chi connectivity index (χ0) is 16.2. The first-order valence-corrected chi connectivity index (χ1v) is 7.42. The third-order valence-corrected chi connectivity index (χ3v) is 4.06. The van der Waals surface area contributed by atoms with Crippen LogP contribution in [0.25, 0.3) is 5.57 Å². The van der Waals surface area contributed by atoms with Crippen molar-refractivity contribution in [3.63, 3.8) is 0 Å².